The van der Waals surface area contributed by atoms with Crippen molar-refractivity contribution in [2.24, 2.45) is 4.99 Å². The molecule has 0 fully saturated rings. The van der Waals surface area contributed by atoms with Crippen LogP contribution in [0, 0.1) is 0 Å². The van der Waals surface area contributed by atoms with Gasteiger partial charge in [0.15, 0.2) is 5.78 Å². The molecule has 0 bridgehead atoms. The number of hydrogen-bond donors (Lipinski definition) is 0. The lowest BCUT2D eigenvalue weighted by atomic mass is 10.1. The standard InChI is InChI=1S/C19H16N2O/c1-13(17-10-6-11-18(21-17)14(2)22)20-19-12-5-8-15-7-3-4-9-16(15)19/h3-12H,1-2H3/b20-13+. The number of aliphatic imine (C=N–C) groups is 1. The summed E-state index contributed by atoms with van der Waals surface area (Å²) < 4.78 is 0. The number of carbonyl (C=O) groups is 1. The Morgan fingerprint density at radius 3 is 2.36 bits per heavy atom. The minimum atomic E-state index is -0.0418. The van der Waals surface area contributed by atoms with Crippen molar-refractivity contribution in [3.8, 4) is 0 Å². The van der Waals surface area contributed by atoms with Crippen molar-refractivity contribution in [1.29, 1.82) is 0 Å². The fraction of sp³-hybridized carbons (Fsp3) is 0.105. The van der Waals surface area contributed by atoms with E-state index in [1.165, 1.54) is 6.92 Å². The van der Waals surface area contributed by atoms with Gasteiger partial charge in [-0.1, -0.05) is 42.5 Å². The predicted octanol–water partition coefficient (Wildman–Crippen LogP) is 4.58. The van der Waals surface area contributed by atoms with Crippen LogP contribution in [-0.4, -0.2) is 16.5 Å². The molecule has 0 N–H and O–H groups in total. The van der Waals surface area contributed by atoms with Crippen molar-refractivity contribution < 1.29 is 4.79 Å². The Kier molecular flexibility index (Phi) is 3.79. The molecule has 3 aromatic rings. The second-order valence-electron chi connectivity index (χ2n) is 5.16. The van der Waals surface area contributed by atoms with Gasteiger partial charge in [-0.3, -0.25) is 9.79 Å². The molecule has 108 valence electrons. The third kappa shape index (κ3) is 2.79. The number of pyridine rings is 1. The highest BCUT2D eigenvalue weighted by atomic mass is 16.1. The number of ketones is 1. The Balaban J connectivity index is 2.07. The molecular weight excluding hydrogens is 272 g/mol. The lowest BCUT2D eigenvalue weighted by molar-refractivity contribution is 0.101. The van der Waals surface area contributed by atoms with E-state index < -0.39 is 0 Å². The summed E-state index contributed by atoms with van der Waals surface area (Å²) in [6, 6.07) is 19.6. The van der Waals surface area contributed by atoms with Gasteiger partial charge in [-0.25, -0.2) is 4.98 Å². The van der Waals surface area contributed by atoms with Crippen LogP contribution in [0.3, 0.4) is 0 Å². The molecule has 0 spiro atoms. The number of nitrogens with zero attached hydrogens (tertiary/aromatic N) is 2. The number of rotatable bonds is 3. The van der Waals surface area contributed by atoms with E-state index in [1.54, 1.807) is 6.07 Å². The van der Waals surface area contributed by atoms with Gasteiger partial charge in [0.2, 0.25) is 0 Å². The SMILES string of the molecule is CC(=O)c1cccc(/C(C)=N/c2cccc3ccccc23)n1. The molecule has 3 rings (SSSR count). The second kappa shape index (κ2) is 5.90. The van der Waals surface area contributed by atoms with E-state index in [4.69, 9.17) is 4.99 Å². The van der Waals surface area contributed by atoms with Crippen LogP contribution < -0.4 is 0 Å². The van der Waals surface area contributed by atoms with Gasteiger partial charge in [-0.05, 0) is 30.5 Å². The minimum Gasteiger partial charge on any atom is -0.293 e. The van der Waals surface area contributed by atoms with Gasteiger partial charge in [0.05, 0.1) is 17.1 Å². The van der Waals surface area contributed by atoms with Gasteiger partial charge in [-0.2, -0.15) is 0 Å². The molecule has 2 aromatic carbocycles. The summed E-state index contributed by atoms with van der Waals surface area (Å²) >= 11 is 0. The van der Waals surface area contributed by atoms with E-state index in [-0.39, 0.29) is 5.78 Å². The molecule has 3 nitrogen and oxygen atoms in total. The van der Waals surface area contributed by atoms with Crippen LogP contribution >= 0.6 is 0 Å². The molecule has 0 saturated carbocycles. The second-order valence-corrected chi connectivity index (χ2v) is 5.16. The van der Waals surface area contributed by atoms with Crippen molar-refractivity contribution >= 4 is 28.0 Å². The molecule has 0 aliphatic heterocycles. The smallest absolute Gasteiger partial charge is 0.178 e. The third-order valence-electron chi connectivity index (χ3n) is 3.54. The van der Waals surface area contributed by atoms with E-state index in [0.29, 0.717) is 5.69 Å². The summed E-state index contributed by atoms with van der Waals surface area (Å²) in [6.07, 6.45) is 0. The molecule has 0 unspecified atom stereocenters. The molecular formula is C19H16N2O. The van der Waals surface area contributed by atoms with Crippen molar-refractivity contribution in [2.45, 2.75) is 13.8 Å². The molecule has 0 amide bonds. The monoisotopic (exact) mass is 288 g/mol. The number of carbonyl (C=O) groups excluding carboxylic acids is 1. The highest BCUT2D eigenvalue weighted by Gasteiger charge is 2.06. The Morgan fingerprint density at radius 2 is 1.55 bits per heavy atom. The van der Waals surface area contributed by atoms with Gasteiger partial charge in [0.1, 0.15) is 5.69 Å². The van der Waals surface area contributed by atoms with Crippen LogP contribution in [-0.2, 0) is 0 Å². The van der Waals surface area contributed by atoms with Gasteiger partial charge in [0.25, 0.3) is 0 Å². The lowest BCUT2D eigenvalue weighted by Gasteiger charge is -2.05. The summed E-state index contributed by atoms with van der Waals surface area (Å²) in [5.41, 5.74) is 2.88. The highest BCUT2D eigenvalue weighted by Crippen LogP contribution is 2.26. The summed E-state index contributed by atoms with van der Waals surface area (Å²) in [4.78, 5) is 20.5. The number of benzene rings is 2. The molecule has 0 radical (unpaired) electrons. The maximum atomic E-state index is 11.5. The van der Waals surface area contributed by atoms with Gasteiger partial charge >= 0.3 is 0 Å². The quantitative estimate of drug-likeness (QED) is 0.523. The van der Waals surface area contributed by atoms with Gasteiger partial charge in [0, 0.05) is 12.3 Å². The molecule has 3 heteroatoms. The Labute approximate surface area is 129 Å². The zero-order valence-electron chi connectivity index (χ0n) is 12.6. The zero-order valence-corrected chi connectivity index (χ0v) is 12.6. The molecule has 1 heterocycles. The minimum absolute atomic E-state index is 0.0418. The molecule has 22 heavy (non-hydrogen) atoms. The van der Waals surface area contributed by atoms with Crippen LogP contribution in [0.2, 0.25) is 0 Å². The maximum absolute atomic E-state index is 11.5. The third-order valence-corrected chi connectivity index (χ3v) is 3.54. The summed E-state index contributed by atoms with van der Waals surface area (Å²) in [5, 5.41) is 2.26. The fourth-order valence-electron chi connectivity index (χ4n) is 2.38. The summed E-state index contributed by atoms with van der Waals surface area (Å²) in [6.45, 7) is 3.43. The summed E-state index contributed by atoms with van der Waals surface area (Å²) in [5.74, 6) is -0.0418. The van der Waals surface area contributed by atoms with E-state index in [9.17, 15) is 4.79 Å². The van der Waals surface area contributed by atoms with Gasteiger partial charge < -0.3 is 0 Å². The number of aromatic nitrogens is 1. The highest BCUT2D eigenvalue weighted by molar-refractivity contribution is 6.03. The van der Waals surface area contributed by atoms with Crippen LogP contribution in [0.15, 0.2) is 65.7 Å². The first-order chi connectivity index (χ1) is 10.6. The lowest BCUT2D eigenvalue weighted by Crippen LogP contribution is -2.04. The number of fused-ring (bicyclic) bond motifs is 1. The molecule has 0 aliphatic carbocycles. The molecule has 0 atom stereocenters. The van der Waals surface area contributed by atoms with Crippen molar-refractivity contribution in [3.05, 3.63) is 72.1 Å². The normalized spacial score (nSPS) is 11.6. The first-order valence-corrected chi connectivity index (χ1v) is 7.16. The number of Topliss-reactive ketones (excluding diaryl/α,β-unsaturated/α-hetero) is 1. The predicted molar refractivity (Wildman–Crippen MR) is 90.1 cm³/mol. The fourth-order valence-corrected chi connectivity index (χ4v) is 2.38. The van der Waals surface area contributed by atoms with Crippen LogP contribution in [0.5, 0.6) is 0 Å². The van der Waals surface area contributed by atoms with E-state index in [0.717, 1.165) is 27.9 Å². The Hall–Kier alpha value is -2.81. The van der Waals surface area contributed by atoms with E-state index in [1.807, 2.05) is 43.3 Å². The van der Waals surface area contributed by atoms with Crippen LogP contribution in [0.4, 0.5) is 5.69 Å². The molecule has 1 aromatic heterocycles. The largest absolute Gasteiger partial charge is 0.293 e. The average Bonchev–Trinajstić information content (AvgIpc) is 2.55. The Bertz CT molecular complexity index is 876. The van der Waals surface area contributed by atoms with E-state index in [2.05, 4.69) is 23.2 Å². The average molecular weight is 288 g/mol. The topological polar surface area (TPSA) is 42.3 Å². The maximum Gasteiger partial charge on any atom is 0.178 e. The number of hydrogen-bond acceptors (Lipinski definition) is 3. The van der Waals surface area contributed by atoms with Crippen LogP contribution in [0.25, 0.3) is 10.8 Å². The summed E-state index contributed by atoms with van der Waals surface area (Å²) in [7, 11) is 0. The van der Waals surface area contributed by atoms with Crippen LogP contribution in [0.1, 0.15) is 30.0 Å². The zero-order chi connectivity index (χ0) is 15.5. The van der Waals surface area contributed by atoms with E-state index >= 15 is 0 Å². The van der Waals surface area contributed by atoms with Crippen molar-refractivity contribution in [1.82, 2.24) is 4.98 Å². The molecule has 0 aliphatic rings. The van der Waals surface area contributed by atoms with Crippen molar-refractivity contribution in [2.75, 3.05) is 0 Å². The van der Waals surface area contributed by atoms with Gasteiger partial charge in [-0.15, -0.1) is 0 Å². The Morgan fingerprint density at radius 1 is 0.864 bits per heavy atom. The first-order valence-electron chi connectivity index (χ1n) is 7.16. The van der Waals surface area contributed by atoms with Crippen molar-refractivity contribution in [3.63, 3.8) is 0 Å². The molecule has 0 saturated heterocycles. The first kappa shape index (κ1) is 14.1.